The molecule has 0 aliphatic carbocycles. The number of aromatic nitrogens is 4. The third-order valence-electron chi connectivity index (χ3n) is 4.92. The van der Waals surface area contributed by atoms with Gasteiger partial charge in [0.15, 0.2) is 0 Å². The van der Waals surface area contributed by atoms with Crippen molar-refractivity contribution in [2.24, 2.45) is 0 Å². The van der Waals surface area contributed by atoms with Gasteiger partial charge in [0.1, 0.15) is 24.3 Å². The fraction of sp³-hybridized carbons (Fsp3) is 0.316. The van der Waals surface area contributed by atoms with Crippen LogP contribution in [-0.2, 0) is 10.2 Å². The lowest BCUT2D eigenvalue weighted by molar-refractivity contribution is 0.0543. The van der Waals surface area contributed by atoms with Crippen LogP contribution in [0, 0.1) is 0 Å². The first kappa shape index (κ1) is 17.2. The van der Waals surface area contributed by atoms with Crippen LogP contribution in [0.4, 0.5) is 5.82 Å². The summed E-state index contributed by atoms with van der Waals surface area (Å²) in [6.07, 6.45) is 8.87. The molecule has 1 N–H and O–H groups in total. The zero-order valence-corrected chi connectivity index (χ0v) is 15.9. The molecule has 0 bridgehead atoms. The normalized spacial score (nSPS) is 16.3. The van der Waals surface area contributed by atoms with Gasteiger partial charge in [-0.25, -0.2) is 15.0 Å². The Kier molecular flexibility index (Phi) is 4.99. The number of hydrogen-bond donors (Lipinski definition) is 1. The number of hydrogen-bond acceptors (Lipinski definition) is 5. The second-order valence-corrected chi connectivity index (χ2v) is 7.40. The van der Waals surface area contributed by atoms with Crippen LogP contribution in [0.5, 0.6) is 0 Å². The molecule has 1 aromatic carbocycles. The van der Waals surface area contributed by atoms with Gasteiger partial charge in [-0.15, -0.1) is 0 Å². The van der Waals surface area contributed by atoms with Crippen molar-refractivity contribution in [2.75, 3.05) is 25.1 Å². The topological polar surface area (TPSA) is 64.9 Å². The molecule has 1 aliphatic rings. The van der Waals surface area contributed by atoms with Crippen molar-refractivity contribution in [1.29, 1.82) is 0 Å². The van der Waals surface area contributed by atoms with E-state index in [0.717, 1.165) is 48.7 Å². The molecule has 1 saturated heterocycles. The van der Waals surface area contributed by atoms with Crippen LogP contribution in [0.25, 0.3) is 5.82 Å². The van der Waals surface area contributed by atoms with Gasteiger partial charge in [0, 0.05) is 48.1 Å². The number of nitrogens with zero attached hydrogens (tertiary/aromatic N) is 4. The van der Waals surface area contributed by atoms with Crippen molar-refractivity contribution in [3.05, 3.63) is 65.4 Å². The highest BCUT2D eigenvalue weighted by Gasteiger charge is 2.34. The molecule has 3 aromatic rings. The lowest BCUT2D eigenvalue weighted by atomic mass is 9.74. The molecule has 0 saturated carbocycles. The Balaban J connectivity index is 1.57. The van der Waals surface area contributed by atoms with E-state index in [1.54, 1.807) is 18.9 Å². The maximum absolute atomic E-state index is 5.62. The van der Waals surface area contributed by atoms with Crippen molar-refractivity contribution in [2.45, 2.75) is 18.3 Å². The van der Waals surface area contributed by atoms with E-state index in [4.69, 9.17) is 4.74 Å². The minimum Gasteiger partial charge on any atom is -0.381 e. The largest absolute Gasteiger partial charge is 0.381 e. The predicted molar refractivity (Wildman–Crippen MR) is 104 cm³/mol. The highest BCUT2D eigenvalue weighted by molar-refractivity contribution is 9.10. The summed E-state index contributed by atoms with van der Waals surface area (Å²) in [7, 11) is 0. The highest BCUT2D eigenvalue weighted by atomic mass is 79.9. The Morgan fingerprint density at radius 2 is 2.08 bits per heavy atom. The Bertz CT molecular complexity index is 862. The summed E-state index contributed by atoms with van der Waals surface area (Å²) in [6, 6.07) is 10.5. The van der Waals surface area contributed by atoms with E-state index in [1.165, 1.54) is 5.56 Å². The van der Waals surface area contributed by atoms with Crippen LogP contribution in [-0.4, -0.2) is 39.3 Å². The number of benzene rings is 1. The summed E-state index contributed by atoms with van der Waals surface area (Å²) >= 11 is 3.60. The van der Waals surface area contributed by atoms with E-state index in [-0.39, 0.29) is 5.41 Å². The average molecular weight is 414 g/mol. The van der Waals surface area contributed by atoms with Gasteiger partial charge >= 0.3 is 0 Å². The Morgan fingerprint density at radius 3 is 2.85 bits per heavy atom. The maximum Gasteiger partial charge on any atom is 0.143 e. The van der Waals surface area contributed by atoms with E-state index in [0.29, 0.717) is 0 Å². The van der Waals surface area contributed by atoms with E-state index >= 15 is 0 Å². The van der Waals surface area contributed by atoms with E-state index in [9.17, 15) is 0 Å². The quantitative estimate of drug-likeness (QED) is 0.692. The lowest BCUT2D eigenvalue weighted by Gasteiger charge is -2.38. The van der Waals surface area contributed by atoms with Gasteiger partial charge in [0.25, 0.3) is 0 Å². The molecule has 4 rings (SSSR count). The lowest BCUT2D eigenvalue weighted by Crippen LogP contribution is -2.40. The van der Waals surface area contributed by atoms with Gasteiger partial charge in [0.2, 0.25) is 0 Å². The van der Waals surface area contributed by atoms with Gasteiger partial charge in [0.05, 0.1) is 0 Å². The average Bonchev–Trinajstić information content (AvgIpc) is 3.22. The minimum atomic E-state index is 0.0299. The van der Waals surface area contributed by atoms with Crippen LogP contribution in [0.2, 0.25) is 0 Å². The Labute approximate surface area is 160 Å². The highest BCUT2D eigenvalue weighted by Crippen LogP contribution is 2.36. The molecule has 1 fully saturated rings. The summed E-state index contributed by atoms with van der Waals surface area (Å²) in [6.45, 7) is 2.35. The first-order chi connectivity index (χ1) is 12.8. The summed E-state index contributed by atoms with van der Waals surface area (Å²) in [5.41, 5.74) is 1.36. The first-order valence-corrected chi connectivity index (χ1v) is 9.43. The van der Waals surface area contributed by atoms with Crippen molar-refractivity contribution in [1.82, 2.24) is 19.5 Å². The van der Waals surface area contributed by atoms with Crippen molar-refractivity contribution < 1.29 is 4.74 Å². The Morgan fingerprint density at radius 1 is 1.19 bits per heavy atom. The minimum absolute atomic E-state index is 0.0299. The van der Waals surface area contributed by atoms with Crippen LogP contribution < -0.4 is 5.32 Å². The zero-order chi connectivity index (χ0) is 17.8. The van der Waals surface area contributed by atoms with Gasteiger partial charge in [-0.05, 0) is 30.5 Å². The van der Waals surface area contributed by atoms with Gasteiger partial charge in [-0.3, -0.25) is 4.57 Å². The smallest absolute Gasteiger partial charge is 0.143 e. The molecule has 1 aliphatic heterocycles. The third kappa shape index (κ3) is 3.64. The molecule has 26 heavy (non-hydrogen) atoms. The van der Waals surface area contributed by atoms with Gasteiger partial charge < -0.3 is 10.1 Å². The molecule has 0 unspecified atom stereocenters. The molecule has 0 spiro atoms. The standard InChI is InChI=1S/C19H20BrN5O/c20-16-3-1-2-15(10-16)19(4-8-26-9-5-19)12-22-17-11-18(24-13-23-17)25-7-6-21-14-25/h1-3,6-7,10-11,13-14H,4-5,8-9,12H2,(H,22,23,24). The fourth-order valence-corrected chi connectivity index (χ4v) is 3.79. The molecular weight excluding hydrogens is 394 g/mol. The van der Waals surface area contributed by atoms with E-state index < -0.39 is 0 Å². The number of rotatable bonds is 5. The van der Waals surface area contributed by atoms with Crippen LogP contribution in [0.1, 0.15) is 18.4 Å². The molecule has 134 valence electrons. The van der Waals surface area contributed by atoms with Crippen molar-refractivity contribution in [3.63, 3.8) is 0 Å². The monoisotopic (exact) mass is 413 g/mol. The molecule has 0 atom stereocenters. The molecular formula is C19H20BrN5O. The maximum atomic E-state index is 5.62. The summed E-state index contributed by atoms with van der Waals surface area (Å²) < 4.78 is 8.59. The van der Waals surface area contributed by atoms with Crippen LogP contribution in [0.15, 0.2) is 59.9 Å². The number of anilines is 1. The van der Waals surface area contributed by atoms with Crippen LogP contribution >= 0.6 is 15.9 Å². The molecule has 3 heterocycles. The van der Waals surface area contributed by atoms with Gasteiger partial charge in [-0.1, -0.05) is 28.1 Å². The fourth-order valence-electron chi connectivity index (χ4n) is 3.39. The third-order valence-corrected chi connectivity index (χ3v) is 5.41. The molecule has 6 nitrogen and oxygen atoms in total. The Hall–Kier alpha value is -2.25. The number of nitrogens with one attached hydrogen (secondary N) is 1. The molecule has 0 radical (unpaired) electrons. The number of halogens is 1. The van der Waals surface area contributed by atoms with Crippen molar-refractivity contribution >= 4 is 21.7 Å². The van der Waals surface area contributed by atoms with E-state index in [1.807, 2.05) is 16.8 Å². The predicted octanol–water partition coefficient (Wildman–Crippen LogP) is 3.59. The zero-order valence-electron chi connectivity index (χ0n) is 14.3. The summed E-state index contributed by atoms with van der Waals surface area (Å²) in [5.74, 6) is 1.60. The van der Waals surface area contributed by atoms with Crippen molar-refractivity contribution in [3.8, 4) is 5.82 Å². The number of imidazole rings is 1. The van der Waals surface area contributed by atoms with E-state index in [2.05, 4.69) is 60.5 Å². The molecule has 0 amide bonds. The van der Waals surface area contributed by atoms with Crippen LogP contribution in [0.3, 0.4) is 0 Å². The summed E-state index contributed by atoms with van der Waals surface area (Å²) in [4.78, 5) is 12.8. The SMILES string of the molecule is Brc1cccc(C2(CNc3cc(-n4ccnc4)ncn3)CCOCC2)c1. The summed E-state index contributed by atoms with van der Waals surface area (Å²) in [5, 5.41) is 3.52. The second kappa shape index (κ2) is 7.55. The first-order valence-electron chi connectivity index (χ1n) is 8.63. The molecule has 2 aromatic heterocycles. The second-order valence-electron chi connectivity index (χ2n) is 6.49. The molecule has 7 heteroatoms. The number of ether oxygens (including phenoxy) is 1. The van der Waals surface area contributed by atoms with Gasteiger partial charge in [-0.2, -0.15) is 0 Å².